The summed E-state index contributed by atoms with van der Waals surface area (Å²) >= 11 is 15.6. The van der Waals surface area contributed by atoms with Gasteiger partial charge < -0.3 is 17.0 Å². The fraction of sp³-hybridized carbons (Fsp3) is 0.300. The van der Waals surface area contributed by atoms with Crippen LogP contribution < -0.4 is 46.5 Å². The first kappa shape index (κ1) is 31.2. The van der Waals surface area contributed by atoms with E-state index in [9.17, 15) is 9.59 Å². The zero-order valence-corrected chi connectivity index (χ0v) is 25.0. The van der Waals surface area contributed by atoms with Crippen LogP contribution in [-0.2, 0) is 22.4 Å². The topological polar surface area (TPSA) is 34.1 Å². The fourth-order valence-corrected chi connectivity index (χ4v) is 3.11. The van der Waals surface area contributed by atoms with E-state index < -0.39 is 5.38 Å². The Labute approximate surface area is 230 Å². The molecule has 2 atom stereocenters. The number of alkyl halides is 2. The molecule has 8 heteroatoms. The van der Waals surface area contributed by atoms with E-state index in [-0.39, 0.29) is 62.9 Å². The molecule has 0 spiro atoms. The molecule has 0 bridgehead atoms. The fourth-order valence-electron chi connectivity index (χ4n) is 1.98. The van der Waals surface area contributed by atoms with Gasteiger partial charge in [0.25, 0.3) is 0 Å². The van der Waals surface area contributed by atoms with Gasteiger partial charge >= 0.3 is 29.6 Å². The monoisotopic (exact) mass is 666 g/mol. The van der Waals surface area contributed by atoms with E-state index in [1.807, 2.05) is 55.5 Å². The molecule has 0 N–H and O–H groups in total. The molecule has 2 rings (SSSR count). The minimum atomic E-state index is -0.404. The Bertz CT molecular complexity index is 691. The van der Waals surface area contributed by atoms with Crippen molar-refractivity contribution in [2.45, 2.75) is 36.9 Å². The van der Waals surface area contributed by atoms with Crippen molar-refractivity contribution in [3.05, 3.63) is 68.6 Å². The molecule has 0 aromatic heterocycles. The summed E-state index contributed by atoms with van der Waals surface area (Å²) in [5, 5.41) is -0.404. The number of hydrogen-bond donors (Lipinski definition) is 0. The van der Waals surface area contributed by atoms with E-state index in [4.69, 9.17) is 11.6 Å². The van der Waals surface area contributed by atoms with Crippen LogP contribution >= 0.6 is 59.4 Å². The van der Waals surface area contributed by atoms with Crippen molar-refractivity contribution in [1.82, 2.24) is 0 Å². The number of hydrogen-bond acceptors (Lipinski definition) is 2. The summed E-state index contributed by atoms with van der Waals surface area (Å²) in [5.74, 6) is 0.262. The summed E-state index contributed by atoms with van der Waals surface area (Å²) in [6.07, 6.45) is 0.899. The molecule has 0 fully saturated rings. The summed E-state index contributed by atoms with van der Waals surface area (Å²) in [7, 11) is 0. The van der Waals surface area contributed by atoms with Crippen molar-refractivity contribution in [2.75, 3.05) is 0 Å². The Morgan fingerprint density at radius 1 is 0.893 bits per heavy atom. The van der Waals surface area contributed by atoms with Crippen molar-refractivity contribution in [1.29, 1.82) is 0 Å². The first-order chi connectivity index (χ1) is 12.2. The second-order valence-electron chi connectivity index (χ2n) is 5.78. The molecule has 0 aliphatic carbocycles. The minimum absolute atomic E-state index is 0. The van der Waals surface area contributed by atoms with Gasteiger partial charge in [-0.15, -0.1) is 11.6 Å². The SMILES string of the molecule is CC(Br)C(=O)Cc1cccc(Br)c1.CC(Cl)C(=O)Cc1cccc(Br)c1.[Br-].[Na+]. The number of rotatable bonds is 6. The van der Waals surface area contributed by atoms with Crippen molar-refractivity contribution >= 4 is 71.0 Å². The van der Waals surface area contributed by atoms with Gasteiger partial charge in [0, 0.05) is 21.8 Å². The average molecular weight is 670 g/mol. The molecule has 148 valence electrons. The first-order valence-corrected chi connectivity index (χ1v) is 10.9. The first-order valence-electron chi connectivity index (χ1n) is 8.01. The van der Waals surface area contributed by atoms with Crippen LogP contribution in [0.2, 0.25) is 0 Å². The third kappa shape index (κ3) is 13.3. The Morgan fingerprint density at radius 2 is 1.29 bits per heavy atom. The third-order valence-electron chi connectivity index (χ3n) is 3.42. The molecule has 0 saturated heterocycles. The predicted octanol–water partition coefficient (Wildman–Crippen LogP) is 0.540. The summed E-state index contributed by atoms with van der Waals surface area (Å²) < 4.78 is 2.00. The van der Waals surface area contributed by atoms with Gasteiger partial charge in [-0.25, -0.2) is 0 Å². The average Bonchev–Trinajstić information content (AvgIpc) is 2.55. The molecule has 0 aliphatic rings. The second-order valence-corrected chi connectivity index (χ2v) is 9.64. The number of ketones is 2. The Balaban J connectivity index is 0. The van der Waals surface area contributed by atoms with Crippen LogP contribution in [0.15, 0.2) is 57.5 Å². The minimum Gasteiger partial charge on any atom is -1.00 e. The Hall–Kier alpha value is 0.990. The van der Waals surface area contributed by atoms with Gasteiger partial charge in [-0.3, -0.25) is 9.59 Å². The summed E-state index contributed by atoms with van der Waals surface area (Å²) in [6, 6.07) is 15.5. The van der Waals surface area contributed by atoms with Crippen molar-refractivity contribution in [3.63, 3.8) is 0 Å². The van der Waals surface area contributed by atoms with Gasteiger partial charge in [-0.2, -0.15) is 0 Å². The largest absolute Gasteiger partial charge is 1.00 e. The van der Waals surface area contributed by atoms with Crippen LogP contribution in [0.3, 0.4) is 0 Å². The normalized spacial score (nSPS) is 11.6. The predicted molar refractivity (Wildman–Crippen MR) is 119 cm³/mol. The molecule has 0 saturated carbocycles. The van der Waals surface area contributed by atoms with E-state index >= 15 is 0 Å². The van der Waals surface area contributed by atoms with E-state index in [1.165, 1.54) is 0 Å². The molecule has 28 heavy (non-hydrogen) atoms. The maximum Gasteiger partial charge on any atom is 1.00 e. The van der Waals surface area contributed by atoms with Crippen LogP contribution in [-0.4, -0.2) is 21.8 Å². The van der Waals surface area contributed by atoms with Crippen molar-refractivity contribution in [2.24, 2.45) is 0 Å². The number of benzene rings is 2. The van der Waals surface area contributed by atoms with Crippen LogP contribution in [0.25, 0.3) is 0 Å². The molecule has 2 aromatic carbocycles. The molecular weight excluding hydrogens is 650 g/mol. The smallest absolute Gasteiger partial charge is 1.00 e. The molecule has 2 nitrogen and oxygen atoms in total. The number of Topliss-reactive ketones (excluding diaryl/α,β-unsaturated/α-hetero) is 2. The van der Waals surface area contributed by atoms with E-state index in [1.54, 1.807) is 6.92 Å². The quantitative estimate of drug-likeness (QED) is 0.333. The molecule has 0 aliphatic heterocycles. The maximum absolute atomic E-state index is 11.4. The third-order valence-corrected chi connectivity index (χ3v) is 5.16. The summed E-state index contributed by atoms with van der Waals surface area (Å²) in [4.78, 5) is 22.6. The van der Waals surface area contributed by atoms with Gasteiger partial charge in [-0.1, -0.05) is 72.1 Å². The summed E-state index contributed by atoms with van der Waals surface area (Å²) in [5.41, 5.74) is 2.04. The number of halogens is 5. The van der Waals surface area contributed by atoms with Crippen LogP contribution in [0.5, 0.6) is 0 Å². The van der Waals surface area contributed by atoms with Gasteiger partial charge in [0.2, 0.25) is 0 Å². The van der Waals surface area contributed by atoms with Crippen molar-refractivity contribution in [3.8, 4) is 0 Å². The molecule has 0 heterocycles. The van der Waals surface area contributed by atoms with Gasteiger partial charge in [0.05, 0.1) is 10.2 Å². The van der Waals surface area contributed by atoms with Gasteiger partial charge in [-0.05, 0) is 49.2 Å². The standard InChI is InChI=1S/C10H10Br2O.C10H10BrClO.BrH.Na/c1-7(11)10(13)6-8-3-2-4-9(12)5-8;1-7(12)10(13)6-8-3-2-4-9(11)5-8;;/h2*2-5,7H,6H2,1H3;1H;/q;;;+1/p-1. The van der Waals surface area contributed by atoms with Crippen LogP contribution in [0, 0.1) is 0 Å². The molecule has 2 aromatic rings. The van der Waals surface area contributed by atoms with Crippen LogP contribution in [0.4, 0.5) is 0 Å². The van der Waals surface area contributed by atoms with E-state index in [0.717, 1.165) is 20.1 Å². The molecule has 0 amide bonds. The van der Waals surface area contributed by atoms with E-state index in [2.05, 4.69) is 47.8 Å². The van der Waals surface area contributed by atoms with Crippen LogP contribution in [0.1, 0.15) is 25.0 Å². The zero-order valence-electron chi connectivity index (χ0n) is 15.9. The van der Waals surface area contributed by atoms with Gasteiger partial charge in [0.1, 0.15) is 0 Å². The maximum atomic E-state index is 11.4. The van der Waals surface area contributed by atoms with E-state index in [0.29, 0.717) is 12.8 Å². The zero-order chi connectivity index (χ0) is 19.7. The second kappa shape index (κ2) is 16.7. The summed E-state index contributed by atoms with van der Waals surface area (Å²) in [6.45, 7) is 3.54. The molecule has 0 radical (unpaired) electrons. The Kier molecular flexibility index (Phi) is 18.5. The molecule has 2 unspecified atom stereocenters. The van der Waals surface area contributed by atoms with Gasteiger partial charge in [0.15, 0.2) is 11.6 Å². The molecular formula is C20H20Br4ClNaO2. The Morgan fingerprint density at radius 3 is 1.61 bits per heavy atom. The number of carbonyl (C=O) groups excluding carboxylic acids is 2. The number of carbonyl (C=O) groups is 2. The van der Waals surface area contributed by atoms with Crippen molar-refractivity contribution < 1.29 is 56.1 Å².